The molecule has 10 heavy (non-hydrogen) atoms. The zero-order valence-corrected chi connectivity index (χ0v) is 6.52. The monoisotopic (exact) mass is 156 g/mol. The van der Waals surface area contributed by atoms with E-state index in [1.165, 1.54) is 0 Å². The van der Waals surface area contributed by atoms with Gasteiger partial charge in [0.05, 0.1) is 5.88 Å². The Morgan fingerprint density at radius 2 is 2.30 bits per heavy atom. The zero-order chi connectivity index (χ0) is 7.56. The van der Waals surface area contributed by atoms with E-state index in [4.69, 9.17) is 17.3 Å². The molecule has 3 heteroatoms. The van der Waals surface area contributed by atoms with Crippen LogP contribution in [0.4, 0.5) is 5.82 Å². The molecule has 1 heterocycles. The van der Waals surface area contributed by atoms with Crippen molar-refractivity contribution in [2.24, 2.45) is 0 Å². The number of rotatable bonds is 1. The fourth-order valence-electron chi connectivity index (χ4n) is 0.719. The molecule has 0 atom stereocenters. The van der Waals surface area contributed by atoms with Crippen LogP contribution in [0.3, 0.4) is 0 Å². The number of anilines is 1. The maximum atomic E-state index is 5.56. The quantitative estimate of drug-likeness (QED) is 0.629. The molecule has 0 amide bonds. The fourth-order valence-corrected chi connectivity index (χ4v) is 0.945. The highest BCUT2D eigenvalue weighted by Crippen LogP contribution is 2.11. The van der Waals surface area contributed by atoms with Gasteiger partial charge < -0.3 is 5.73 Å². The number of nitrogen functional groups attached to an aromatic ring is 1. The normalized spacial score (nSPS) is 9.80. The van der Waals surface area contributed by atoms with Gasteiger partial charge in [-0.15, -0.1) is 11.6 Å². The van der Waals surface area contributed by atoms with E-state index in [1.54, 1.807) is 0 Å². The van der Waals surface area contributed by atoms with Crippen molar-refractivity contribution in [3.63, 3.8) is 0 Å². The Bertz CT molecular complexity index is 235. The van der Waals surface area contributed by atoms with Gasteiger partial charge >= 0.3 is 0 Å². The van der Waals surface area contributed by atoms with E-state index in [9.17, 15) is 0 Å². The van der Waals surface area contributed by atoms with Crippen LogP contribution in [0.5, 0.6) is 0 Å². The molecule has 0 saturated carbocycles. The first-order valence-corrected chi connectivity index (χ1v) is 3.55. The van der Waals surface area contributed by atoms with E-state index in [1.807, 2.05) is 19.1 Å². The molecule has 0 bridgehead atoms. The first-order chi connectivity index (χ1) is 4.74. The van der Waals surface area contributed by atoms with Crippen molar-refractivity contribution in [3.8, 4) is 0 Å². The van der Waals surface area contributed by atoms with Gasteiger partial charge in [-0.1, -0.05) is 6.07 Å². The molecule has 1 aromatic heterocycles. The van der Waals surface area contributed by atoms with Crippen LogP contribution in [-0.4, -0.2) is 4.98 Å². The second kappa shape index (κ2) is 2.88. The number of aromatic nitrogens is 1. The number of hydrogen-bond donors (Lipinski definition) is 1. The van der Waals surface area contributed by atoms with E-state index in [0.717, 1.165) is 11.3 Å². The fraction of sp³-hybridized carbons (Fsp3) is 0.286. The summed E-state index contributed by atoms with van der Waals surface area (Å²) in [7, 11) is 0. The number of halogens is 1. The van der Waals surface area contributed by atoms with Gasteiger partial charge in [0, 0.05) is 11.3 Å². The zero-order valence-electron chi connectivity index (χ0n) is 5.76. The standard InChI is InChI=1S/C7H9ClN2/c1-5-2-3-6(4-8)7(9)10-5/h2-3H,4H2,1H3,(H2,9,10). The maximum absolute atomic E-state index is 5.56. The third kappa shape index (κ3) is 1.39. The number of pyridine rings is 1. The van der Waals surface area contributed by atoms with E-state index in [0.29, 0.717) is 11.7 Å². The van der Waals surface area contributed by atoms with Crippen molar-refractivity contribution in [1.82, 2.24) is 4.98 Å². The van der Waals surface area contributed by atoms with Crippen LogP contribution in [0.25, 0.3) is 0 Å². The molecule has 2 nitrogen and oxygen atoms in total. The average molecular weight is 157 g/mol. The second-order valence-corrected chi connectivity index (χ2v) is 2.40. The van der Waals surface area contributed by atoms with Gasteiger partial charge in [-0.25, -0.2) is 4.98 Å². The SMILES string of the molecule is Cc1ccc(CCl)c(N)n1. The molecule has 0 aliphatic heterocycles. The summed E-state index contributed by atoms with van der Waals surface area (Å²) < 4.78 is 0. The predicted molar refractivity (Wildman–Crippen MR) is 42.9 cm³/mol. The van der Waals surface area contributed by atoms with Gasteiger partial charge in [0.15, 0.2) is 0 Å². The molecule has 0 aliphatic rings. The summed E-state index contributed by atoms with van der Waals surface area (Å²) in [6.45, 7) is 1.90. The van der Waals surface area contributed by atoms with Crippen LogP contribution in [0.15, 0.2) is 12.1 Å². The maximum Gasteiger partial charge on any atom is 0.128 e. The van der Waals surface area contributed by atoms with Crippen molar-refractivity contribution >= 4 is 17.4 Å². The minimum absolute atomic E-state index is 0.430. The molecule has 0 radical (unpaired) electrons. The minimum atomic E-state index is 0.430. The highest BCUT2D eigenvalue weighted by atomic mass is 35.5. The molecule has 1 rings (SSSR count). The summed E-state index contributed by atoms with van der Waals surface area (Å²) >= 11 is 5.56. The Labute approximate surface area is 65.0 Å². The van der Waals surface area contributed by atoms with Gasteiger partial charge in [0.2, 0.25) is 0 Å². The number of nitrogens with two attached hydrogens (primary N) is 1. The topological polar surface area (TPSA) is 38.9 Å². The van der Waals surface area contributed by atoms with Crippen LogP contribution >= 0.6 is 11.6 Å². The van der Waals surface area contributed by atoms with Crippen LogP contribution < -0.4 is 5.73 Å². The van der Waals surface area contributed by atoms with Crippen LogP contribution in [0.2, 0.25) is 0 Å². The summed E-state index contributed by atoms with van der Waals surface area (Å²) in [6, 6.07) is 3.79. The number of hydrogen-bond acceptors (Lipinski definition) is 2. The highest BCUT2D eigenvalue weighted by molar-refractivity contribution is 6.17. The second-order valence-electron chi connectivity index (χ2n) is 2.13. The molecule has 0 saturated heterocycles. The van der Waals surface area contributed by atoms with Crippen LogP contribution in [-0.2, 0) is 5.88 Å². The summed E-state index contributed by atoms with van der Waals surface area (Å²) in [4.78, 5) is 4.04. The summed E-state index contributed by atoms with van der Waals surface area (Å²) in [5.74, 6) is 0.967. The van der Waals surface area contributed by atoms with Gasteiger partial charge in [0.25, 0.3) is 0 Å². The molecule has 0 aromatic carbocycles. The van der Waals surface area contributed by atoms with Crippen LogP contribution in [0, 0.1) is 6.92 Å². The van der Waals surface area contributed by atoms with Gasteiger partial charge in [-0.3, -0.25) is 0 Å². The Balaban J connectivity index is 3.07. The summed E-state index contributed by atoms with van der Waals surface area (Å²) in [5, 5.41) is 0. The smallest absolute Gasteiger partial charge is 0.128 e. The average Bonchev–Trinajstić information content (AvgIpc) is 1.88. The minimum Gasteiger partial charge on any atom is -0.383 e. The Kier molecular flexibility index (Phi) is 2.12. The first-order valence-electron chi connectivity index (χ1n) is 3.02. The lowest BCUT2D eigenvalue weighted by atomic mass is 10.2. The van der Waals surface area contributed by atoms with Crippen molar-refractivity contribution in [2.45, 2.75) is 12.8 Å². The molecular weight excluding hydrogens is 148 g/mol. The molecule has 0 unspecified atom stereocenters. The first kappa shape index (κ1) is 7.35. The lowest BCUT2D eigenvalue weighted by Crippen LogP contribution is -1.96. The molecule has 54 valence electrons. The summed E-state index contributed by atoms with van der Waals surface area (Å²) in [5.41, 5.74) is 7.35. The van der Waals surface area contributed by atoms with Crippen molar-refractivity contribution in [3.05, 3.63) is 23.4 Å². The van der Waals surface area contributed by atoms with Gasteiger partial charge in [-0.2, -0.15) is 0 Å². The Morgan fingerprint density at radius 1 is 1.60 bits per heavy atom. The molecule has 0 aliphatic carbocycles. The Morgan fingerprint density at radius 3 is 2.80 bits per heavy atom. The van der Waals surface area contributed by atoms with Gasteiger partial charge in [-0.05, 0) is 13.0 Å². The summed E-state index contributed by atoms with van der Waals surface area (Å²) in [6.07, 6.45) is 0. The lowest BCUT2D eigenvalue weighted by Gasteiger charge is -1.99. The Hall–Kier alpha value is -0.760. The number of nitrogens with zero attached hydrogens (tertiary/aromatic N) is 1. The largest absolute Gasteiger partial charge is 0.383 e. The number of aryl methyl sites for hydroxylation is 1. The molecule has 0 spiro atoms. The van der Waals surface area contributed by atoms with Crippen molar-refractivity contribution in [1.29, 1.82) is 0 Å². The molecule has 2 N–H and O–H groups in total. The molecule has 0 fully saturated rings. The number of alkyl halides is 1. The third-order valence-electron chi connectivity index (χ3n) is 1.30. The lowest BCUT2D eigenvalue weighted by molar-refractivity contribution is 1.17. The van der Waals surface area contributed by atoms with E-state index >= 15 is 0 Å². The van der Waals surface area contributed by atoms with E-state index < -0.39 is 0 Å². The molecule has 1 aromatic rings. The van der Waals surface area contributed by atoms with Crippen molar-refractivity contribution < 1.29 is 0 Å². The van der Waals surface area contributed by atoms with Gasteiger partial charge in [0.1, 0.15) is 5.82 Å². The molecular formula is C7H9ClN2. The van der Waals surface area contributed by atoms with E-state index in [2.05, 4.69) is 4.98 Å². The third-order valence-corrected chi connectivity index (χ3v) is 1.58. The van der Waals surface area contributed by atoms with Crippen molar-refractivity contribution in [2.75, 3.05) is 5.73 Å². The predicted octanol–water partition coefficient (Wildman–Crippen LogP) is 1.71. The highest BCUT2D eigenvalue weighted by Gasteiger charge is 1.96. The van der Waals surface area contributed by atoms with E-state index in [-0.39, 0.29) is 0 Å². The van der Waals surface area contributed by atoms with Crippen LogP contribution in [0.1, 0.15) is 11.3 Å².